The van der Waals surface area contributed by atoms with E-state index in [0.29, 0.717) is 12.0 Å². The van der Waals surface area contributed by atoms with E-state index in [4.69, 9.17) is 0 Å². The van der Waals surface area contributed by atoms with Gasteiger partial charge in [0, 0.05) is 6.04 Å². The Morgan fingerprint density at radius 3 is 2.67 bits per heavy atom. The Hall–Kier alpha value is -0.890. The zero-order valence-electron chi connectivity index (χ0n) is 11.5. The summed E-state index contributed by atoms with van der Waals surface area (Å²) in [5.41, 5.74) is 0.846. The minimum atomic E-state index is -0.0659. The first-order valence-electron chi connectivity index (χ1n) is 7.19. The van der Waals surface area contributed by atoms with Crippen LogP contribution in [-0.4, -0.2) is 12.6 Å². The average molecular weight is 249 g/mol. The highest BCUT2D eigenvalue weighted by atomic mass is 19.1. The second kappa shape index (κ2) is 6.33. The summed E-state index contributed by atoms with van der Waals surface area (Å²) in [5.74, 6) is 1.44. The van der Waals surface area contributed by atoms with Crippen molar-refractivity contribution in [3.8, 4) is 0 Å². The third-order valence-corrected chi connectivity index (χ3v) is 4.05. The summed E-state index contributed by atoms with van der Waals surface area (Å²) in [6.07, 6.45) is 4.64. The molecule has 0 radical (unpaired) electrons. The average Bonchev–Trinajstić information content (AvgIpc) is 3.20. The molecule has 0 heterocycles. The van der Waals surface area contributed by atoms with Crippen molar-refractivity contribution in [2.45, 2.75) is 45.6 Å². The van der Waals surface area contributed by atoms with Crippen molar-refractivity contribution in [1.29, 1.82) is 0 Å². The van der Waals surface area contributed by atoms with Crippen molar-refractivity contribution in [1.82, 2.24) is 5.32 Å². The van der Waals surface area contributed by atoms with Crippen molar-refractivity contribution in [2.24, 2.45) is 11.8 Å². The molecule has 100 valence electrons. The summed E-state index contributed by atoms with van der Waals surface area (Å²) in [6.45, 7) is 5.51. The highest BCUT2D eigenvalue weighted by molar-refractivity contribution is 5.18. The molecule has 18 heavy (non-hydrogen) atoms. The van der Waals surface area contributed by atoms with Gasteiger partial charge in [-0.15, -0.1) is 0 Å². The van der Waals surface area contributed by atoms with E-state index in [2.05, 4.69) is 19.2 Å². The molecule has 1 aliphatic rings. The molecule has 1 nitrogen and oxygen atoms in total. The topological polar surface area (TPSA) is 12.0 Å². The molecular formula is C16H24FN. The fourth-order valence-corrected chi connectivity index (χ4v) is 2.63. The monoisotopic (exact) mass is 249 g/mol. The van der Waals surface area contributed by atoms with Crippen LogP contribution in [0.5, 0.6) is 0 Å². The van der Waals surface area contributed by atoms with E-state index in [1.807, 2.05) is 12.1 Å². The maximum atomic E-state index is 13.7. The molecule has 2 rings (SSSR count). The number of benzene rings is 1. The van der Waals surface area contributed by atoms with E-state index in [1.165, 1.54) is 12.8 Å². The van der Waals surface area contributed by atoms with Gasteiger partial charge in [-0.05, 0) is 55.7 Å². The smallest absolute Gasteiger partial charge is 0.126 e. The zero-order valence-corrected chi connectivity index (χ0v) is 11.5. The van der Waals surface area contributed by atoms with Crippen LogP contribution in [0.25, 0.3) is 0 Å². The SMILES string of the molecule is CCCNC(Cc1ccccc1F)C(C)C1CC1. The first-order valence-corrected chi connectivity index (χ1v) is 7.19. The van der Waals surface area contributed by atoms with Gasteiger partial charge in [0.2, 0.25) is 0 Å². The van der Waals surface area contributed by atoms with Crippen LogP contribution in [0, 0.1) is 17.7 Å². The van der Waals surface area contributed by atoms with Gasteiger partial charge in [-0.2, -0.15) is 0 Å². The molecule has 1 aliphatic carbocycles. The highest BCUT2D eigenvalue weighted by Gasteiger charge is 2.33. The van der Waals surface area contributed by atoms with Crippen LogP contribution in [0.1, 0.15) is 38.7 Å². The highest BCUT2D eigenvalue weighted by Crippen LogP contribution is 2.38. The molecule has 1 aromatic rings. The lowest BCUT2D eigenvalue weighted by Gasteiger charge is -2.25. The van der Waals surface area contributed by atoms with Crippen molar-refractivity contribution < 1.29 is 4.39 Å². The molecule has 1 N–H and O–H groups in total. The van der Waals surface area contributed by atoms with Crippen molar-refractivity contribution in [3.63, 3.8) is 0 Å². The van der Waals surface area contributed by atoms with Crippen LogP contribution in [0.15, 0.2) is 24.3 Å². The van der Waals surface area contributed by atoms with E-state index in [0.717, 1.165) is 30.9 Å². The quantitative estimate of drug-likeness (QED) is 0.775. The van der Waals surface area contributed by atoms with Crippen LogP contribution in [0.2, 0.25) is 0 Å². The molecule has 2 unspecified atom stereocenters. The first-order chi connectivity index (χ1) is 8.72. The standard InChI is InChI=1S/C16H24FN/c1-3-10-18-16(12(2)13-8-9-13)11-14-6-4-5-7-15(14)17/h4-7,12-13,16,18H,3,8-11H2,1-2H3. The van der Waals surface area contributed by atoms with Gasteiger partial charge in [0.25, 0.3) is 0 Å². The summed E-state index contributed by atoms with van der Waals surface area (Å²) in [5, 5.41) is 3.60. The maximum absolute atomic E-state index is 13.7. The summed E-state index contributed by atoms with van der Waals surface area (Å²) in [4.78, 5) is 0. The minimum absolute atomic E-state index is 0.0659. The molecule has 0 aromatic heterocycles. The predicted molar refractivity (Wildman–Crippen MR) is 74.1 cm³/mol. The number of hydrogen-bond donors (Lipinski definition) is 1. The lowest BCUT2D eigenvalue weighted by atomic mass is 9.91. The number of halogens is 1. The van der Waals surface area contributed by atoms with Crippen LogP contribution in [0.4, 0.5) is 4.39 Å². The van der Waals surface area contributed by atoms with Crippen molar-refractivity contribution in [2.75, 3.05) is 6.54 Å². The number of nitrogens with one attached hydrogen (secondary N) is 1. The molecular weight excluding hydrogens is 225 g/mol. The zero-order chi connectivity index (χ0) is 13.0. The van der Waals surface area contributed by atoms with E-state index < -0.39 is 0 Å². The molecule has 0 spiro atoms. The van der Waals surface area contributed by atoms with E-state index >= 15 is 0 Å². The molecule has 2 heteroatoms. The van der Waals surface area contributed by atoms with Gasteiger partial charge in [0.1, 0.15) is 5.82 Å². The summed E-state index contributed by atoms with van der Waals surface area (Å²) < 4.78 is 13.7. The van der Waals surface area contributed by atoms with Gasteiger partial charge >= 0.3 is 0 Å². The van der Waals surface area contributed by atoms with E-state index in [1.54, 1.807) is 12.1 Å². The van der Waals surface area contributed by atoms with Crippen molar-refractivity contribution >= 4 is 0 Å². The maximum Gasteiger partial charge on any atom is 0.126 e. The fourth-order valence-electron chi connectivity index (χ4n) is 2.63. The lowest BCUT2D eigenvalue weighted by molar-refractivity contribution is 0.337. The Bertz CT molecular complexity index is 373. The fraction of sp³-hybridized carbons (Fsp3) is 0.625. The Balaban J connectivity index is 2.01. The third kappa shape index (κ3) is 3.55. The predicted octanol–water partition coefficient (Wildman–Crippen LogP) is 3.78. The van der Waals surface area contributed by atoms with Crippen LogP contribution in [0.3, 0.4) is 0 Å². The second-order valence-corrected chi connectivity index (χ2v) is 5.55. The first kappa shape index (κ1) is 13.5. The van der Waals surface area contributed by atoms with Gasteiger partial charge in [-0.1, -0.05) is 32.0 Å². The second-order valence-electron chi connectivity index (χ2n) is 5.55. The largest absolute Gasteiger partial charge is 0.313 e. The molecule has 1 fully saturated rings. The summed E-state index contributed by atoms with van der Waals surface area (Å²) in [6, 6.07) is 7.58. The summed E-state index contributed by atoms with van der Waals surface area (Å²) >= 11 is 0. The van der Waals surface area contributed by atoms with Gasteiger partial charge in [-0.3, -0.25) is 0 Å². The van der Waals surface area contributed by atoms with Crippen LogP contribution < -0.4 is 5.32 Å². The Morgan fingerprint density at radius 2 is 2.06 bits per heavy atom. The van der Waals surface area contributed by atoms with Crippen LogP contribution in [-0.2, 0) is 6.42 Å². The van der Waals surface area contributed by atoms with E-state index in [-0.39, 0.29) is 5.82 Å². The number of hydrogen-bond acceptors (Lipinski definition) is 1. The molecule has 2 atom stereocenters. The van der Waals surface area contributed by atoms with E-state index in [9.17, 15) is 4.39 Å². The molecule has 0 amide bonds. The van der Waals surface area contributed by atoms with Gasteiger partial charge in [0.05, 0.1) is 0 Å². The lowest BCUT2D eigenvalue weighted by Crippen LogP contribution is -2.38. The molecule has 0 aliphatic heterocycles. The minimum Gasteiger partial charge on any atom is -0.313 e. The van der Waals surface area contributed by atoms with Gasteiger partial charge < -0.3 is 5.32 Å². The molecule has 1 aromatic carbocycles. The summed E-state index contributed by atoms with van der Waals surface area (Å²) in [7, 11) is 0. The normalized spacial score (nSPS) is 18.6. The Labute approximate surface area is 110 Å². The molecule has 0 saturated heterocycles. The Kier molecular flexibility index (Phi) is 4.76. The van der Waals surface area contributed by atoms with Crippen LogP contribution >= 0.6 is 0 Å². The Morgan fingerprint density at radius 1 is 1.33 bits per heavy atom. The van der Waals surface area contributed by atoms with Gasteiger partial charge in [-0.25, -0.2) is 4.39 Å². The van der Waals surface area contributed by atoms with Gasteiger partial charge in [0.15, 0.2) is 0 Å². The third-order valence-electron chi connectivity index (χ3n) is 4.05. The van der Waals surface area contributed by atoms with Crippen molar-refractivity contribution in [3.05, 3.63) is 35.6 Å². The molecule has 0 bridgehead atoms. The molecule has 1 saturated carbocycles. The number of rotatable bonds is 7.